The van der Waals surface area contributed by atoms with Crippen molar-refractivity contribution < 1.29 is 4.79 Å². The molecule has 1 aromatic rings. The molecule has 90 valence electrons. The maximum atomic E-state index is 12.0. The molecular formula is C11H15N5O. The number of hydrogen-bond acceptors (Lipinski definition) is 4. The summed E-state index contributed by atoms with van der Waals surface area (Å²) in [6.45, 7) is 1.67. The Morgan fingerprint density at radius 2 is 2.59 bits per heavy atom. The highest BCUT2D eigenvalue weighted by Gasteiger charge is 2.22. The van der Waals surface area contributed by atoms with E-state index >= 15 is 0 Å². The third-order valence-corrected chi connectivity index (χ3v) is 2.97. The molecule has 0 spiro atoms. The minimum atomic E-state index is -0.0442. The summed E-state index contributed by atoms with van der Waals surface area (Å²) in [6.07, 6.45) is 3.35. The average molecular weight is 233 g/mol. The second-order valence-corrected chi connectivity index (χ2v) is 4.17. The summed E-state index contributed by atoms with van der Waals surface area (Å²) in [6, 6.07) is 2.01. The number of aromatic nitrogens is 2. The molecule has 1 amide bonds. The Morgan fingerprint density at radius 1 is 1.76 bits per heavy atom. The largest absolute Gasteiger partial charge is 0.316 e. The maximum Gasteiger partial charge on any atom is 0.229 e. The fraction of sp³-hybridized carbons (Fsp3) is 0.545. The van der Waals surface area contributed by atoms with Crippen LogP contribution in [0.3, 0.4) is 0 Å². The van der Waals surface area contributed by atoms with Crippen molar-refractivity contribution in [1.29, 1.82) is 5.26 Å². The van der Waals surface area contributed by atoms with Gasteiger partial charge < -0.3 is 10.6 Å². The second-order valence-electron chi connectivity index (χ2n) is 4.17. The molecular weight excluding hydrogens is 218 g/mol. The third-order valence-electron chi connectivity index (χ3n) is 2.97. The predicted octanol–water partition coefficient (Wildman–Crippen LogP) is 0.230. The van der Waals surface area contributed by atoms with E-state index in [1.807, 2.05) is 6.07 Å². The number of nitriles is 1. The topological polar surface area (TPSA) is 82.7 Å². The first-order valence-corrected chi connectivity index (χ1v) is 5.66. The van der Waals surface area contributed by atoms with E-state index < -0.39 is 0 Å². The molecule has 2 rings (SSSR count). The molecule has 0 bridgehead atoms. The van der Waals surface area contributed by atoms with Gasteiger partial charge in [0.1, 0.15) is 17.5 Å². The van der Waals surface area contributed by atoms with Gasteiger partial charge in [0.25, 0.3) is 0 Å². The number of carbonyl (C=O) groups excluding carboxylic acids is 1. The number of anilines is 1. The molecule has 0 aromatic carbocycles. The lowest BCUT2D eigenvalue weighted by molar-refractivity contribution is -0.120. The lowest BCUT2D eigenvalue weighted by atomic mass is 9.99. The molecule has 1 aromatic heterocycles. The lowest BCUT2D eigenvalue weighted by Gasteiger charge is -2.21. The minimum absolute atomic E-state index is 0.0230. The number of hydrogen-bond donors (Lipinski definition) is 2. The van der Waals surface area contributed by atoms with Gasteiger partial charge in [-0.1, -0.05) is 0 Å². The van der Waals surface area contributed by atoms with E-state index in [2.05, 4.69) is 15.7 Å². The zero-order chi connectivity index (χ0) is 12.3. The van der Waals surface area contributed by atoms with E-state index in [1.54, 1.807) is 7.05 Å². The van der Waals surface area contributed by atoms with Crippen LogP contribution < -0.4 is 10.6 Å². The molecule has 0 radical (unpaired) electrons. The minimum Gasteiger partial charge on any atom is -0.316 e. The van der Waals surface area contributed by atoms with Crippen molar-refractivity contribution >= 4 is 11.7 Å². The Labute approximate surface area is 99.6 Å². The van der Waals surface area contributed by atoms with E-state index in [0.717, 1.165) is 19.4 Å². The summed E-state index contributed by atoms with van der Waals surface area (Å²) >= 11 is 0. The summed E-state index contributed by atoms with van der Waals surface area (Å²) in [5, 5.41) is 18.8. The number of nitrogens with zero attached hydrogens (tertiary/aromatic N) is 3. The van der Waals surface area contributed by atoms with Crippen LogP contribution in [0.2, 0.25) is 0 Å². The number of amides is 1. The molecule has 6 nitrogen and oxygen atoms in total. The third kappa shape index (κ3) is 2.45. The normalized spacial score (nSPS) is 19.6. The standard InChI is InChI=1S/C11H15N5O/c1-16-10(9(5-12)7-14-16)15-11(17)8-3-2-4-13-6-8/h7-8,13H,2-4,6H2,1H3,(H,15,17). The van der Waals surface area contributed by atoms with Crippen LogP contribution in [0.5, 0.6) is 0 Å². The van der Waals surface area contributed by atoms with Crippen molar-refractivity contribution in [3.63, 3.8) is 0 Å². The summed E-state index contributed by atoms with van der Waals surface area (Å²) < 4.78 is 1.51. The molecule has 1 aliphatic heterocycles. The Morgan fingerprint density at radius 3 is 3.24 bits per heavy atom. The van der Waals surface area contributed by atoms with Crippen molar-refractivity contribution in [2.24, 2.45) is 13.0 Å². The average Bonchev–Trinajstić information content (AvgIpc) is 2.71. The van der Waals surface area contributed by atoms with Crippen LogP contribution in [0.25, 0.3) is 0 Å². The van der Waals surface area contributed by atoms with Crippen LogP contribution >= 0.6 is 0 Å². The van der Waals surface area contributed by atoms with Gasteiger partial charge in [-0.05, 0) is 19.4 Å². The molecule has 0 aliphatic carbocycles. The lowest BCUT2D eigenvalue weighted by Crippen LogP contribution is -2.37. The highest BCUT2D eigenvalue weighted by atomic mass is 16.2. The smallest absolute Gasteiger partial charge is 0.229 e. The van der Waals surface area contributed by atoms with Crippen molar-refractivity contribution in [2.75, 3.05) is 18.4 Å². The number of carbonyl (C=O) groups is 1. The Bertz CT molecular complexity index is 453. The van der Waals surface area contributed by atoms with Gasteiger partial charge in [-0.2, -0.15) is 10.4 Å². The quantitative estimate of drug-likeness (QED) is 0.766. The van der Waals surface area contributed by atoms with Gasteiger partial charge in [-0.3, -0.25) is 9.48 Å². The second kappa shape index (κ2) is 4.97. The molecule has 1 aliphatic rings. The van der Waals surface area contributed by atoms with Gasteiger partial charge in [0.2, 0.25) is 5.91 Å². The van der Waals surface area contributed by atoms with E-state index in [0.29, 0.717) is 17.9 Å². The first-order valence-electron chi connectivity index (χ1n) is 5.66. The number of piperidine rings is 1. The summed E-state index contributed by atoms with van der Waals surface area (Å²) in [5.41, 5.74) is 0.393. The van der Waals surface area contributed by atoms with Crippen molar-refractivity contribution in [1.82, 2.24) is 15.1 Å². The van der Waals surface area contributed by atoms with Crippen LogP contribution in [0.15, 0.2) is 6.20 Å². The summed E-state index contributed by atoms with van der Waals surface area (Å²) in [7, 11) is 1.70. The maximum absolute atomic E-state index is 12.0. The molecule has 2 heterocycles. The first kappa shape index (κ1) is 11.6. The SMILES string of the molecule is Cn1ncc(C#N)c1NC(=O)C1CCCNC1. The monoisotopic (exact) mass is 233 g/mol. The fourth-order valence-electron chi connectivity index (χ4n) is 1.96. The van der Waals surface area contributed by atoms with Crippen molar-refractivity contribution in [3.05, 3.63) is 11.8 Å². The number of nitrogens with one attached hydrogen (secondary N) is 2. The van der Waals surface area contributed by atoms with Gasteiger partial charge in [-0.25, -0.2) is 0 Å². The zero-order valence-corrected chi connectivity index (χ0v) is 9.73. The highest BCUT2D eigenvalue weighted by molar-refractivity contribution is 5.93. The van der Waals surface area contributed by atoms with Crippen LogP contribution in [0, 0.1) is 17.2 Å². The number of rotatable bonds is 2. The molecule has 1 saturated heterocycles. The molecule has 1 atom stereocenters. The van der Waals surface area contributed by atoms with E-state index in [-0.39, 0.29) is 11.8 Å². The first-order chi connectivity index (χ1) is 8.22. The highest BCUT2D eigenvalue weighted by Crippen LogP contribution is 2.16. The van der Waals surface area contributed by atoms with Crippen molar-refractivity contribution in [2.45, 2.75) is 12.8 Å². The Hall–Kier alpha value is -1.87. The zero-order valence-electron chi connectivity index (χ0n) is 9.73. The molecule has 17 heavy (non-hydrogen) atoms. The fourth-order valence-corrected chi connectivity index (χ4v) is 1.96. The summed E-state index contributed by atoms with van der Waals surface area (Å²) in [5.74, 6) is 0.408. The van der Waals surface area contributed by atoms with Gasteiger partial charge in [0, 0.05) is 13.6 Å². The van der Waals surface area contributed by atoms with Gasteiger partial charge >= 0.3 is 0 Å². The van der Waals surface area contributed by atoms with E-state index in [9.17, 15) is 4.79 Å². The van der Waals surface area contributed by atoms with E-state index in [1.165, 1.54) is 10.9 Å². The van der Waals surface area contributed by atoms with Gasteiger partial charge in [-0.15, -0.1) is 0 Å². The van der Waals surface area contributed by atoms with Crippen molar-refractivity contribution in [3.8, 4) is 6.07 Å². The van der Waals surface area contributed by atoms with Crippen LogP contribution in [-0.4, -0.2) is 28.8 Å². The van der Waals surface area contributed by atoms with Crippen LogP contribution in [0.4, 0.5) is 5.82 Å². The van der Waals surface area contributed by atoms with Crippen LogP contribution in [-0.2, 0) is 11.8 Å². The molecule has 1 unspecified atom stereocenters. The van der Waals surface area contributed by atoms with E-state index in [4.69, 9.17) is 5.26 Å². The predicted molar refractivity (Wildman–Crippen MR) is 62.1 cm³/mol. The van der Waals surface area contributed by atoms with Crippen LogP contribution in [0.1, 0.15) is 18.4 Å². The molecule has 0 saturated carbocycles. The van der Waals surface area contributed by atoms with Gasteiger partial charge in [0.15, 0.2) is 0 Å². The Kier molecular flexibility index (Phi) is 3.40. The Balaban J connectivity index is 2.07. The molecule has 6 heteroatoms. The molecule has 2 N–H and O–H groups in total. The molecule has 1 fully saturated rings. The summed E-state index contributed by atoms with van der Waals surface area (Å²) in [4.78, 5) is 12.0. The van der Waals surface area contributed by atoms with Gasteiger partial charge in [0.05, 0.1) is 12.1 Å². The number of aryl methyl sites for hydroxylation is 1.